The van der Waals surface area contributed by atoms with Crippen LogP contribution >= 0.6 is 0 Å². The number of ether oxygens (including phenoxy) is 2. The number of morpholine rings is 1. The van der Waals surface area contributed by atoms with Gasteiger partial charge in [0.25, 0.3) is 0 Å². The normalized spacial score (nSPS) is 14.0. The van der Waals surface area contributed by atoms with Crippen molar-refractivity contribution in [1.82, 2.24) is 29.8 Å². The molecular formula is C32H37N9O4. The summed E-state index contributed by atoms with van der Waals surface area (Å²) < 4.78 is 18.5. The Labute approximate surface area is 260 Å². The summed E-state index contributed by atoms with van der Waals surface area (Å²) in [6, 6.07) is 14.6. The van der Waals surface area contributed by atoms with Crippen molar-refractivity contribution in [2.24, 2.45) is 0 Å². The van der Waals surface area contributed by atoms with Gasteiger partial charge in [-0.1, -0.05) is 25.9 Å². The molecule has 1 aliphatic heterocycles. The fourth-order valence-electron chi connectivity index (χ4n) is 5.11. The number of carbonyl (C=O) groups is 1. The lowest BCUT2D eigenvalue weighted by atomic mass is 9.93. The highest BCUT2D eigenvalue weighted by Crippen LogP contribution is 2.33. The van der Waals surface area contributed by atoms with Gasteiger partial charge in [-0.15, -0.1) is 0 Å². The highest BCUT2D eigenvalue weighted by atomic mass is 16.5. The van der Waals surface area contributed by atoms with E-state index in [1.54, 1.807) is 16.8 Å². The van der Waals surface area contributed by atoms with E-state index in [2.05, 4.69) is 30.7 Å². The van der Waals surface area contributed by atoms with Gasteiger partial charge in [-0.3, -0.25) is 10.2 Å². The van der Waals surface area contributed by atoms with E-state index in [-0.39, 0.29) is 5.41 Å². The number of fused-ring (bicyclic) bond motifs is 1. The van der Waals surface area contributed by atoms with E-state index in [4.69, 9.17) is 24.8 Å². The number of nitrogens with one attached hydrogen (secondary N) is 2. The van der Waals surface area contributed by atoms with Gasteiger partial charge in [0.2, 0.25) is 0 Å². The molecule has 4 heterocycles. The van der Waals surface area contributed by atoms with E-state index in [1.807, 2.05) is 64.1 Å². The fourth-order valence-corrected chi connectivity index (χ4v) is 5.11. The second-order valence-electron chi connectivity index (χ2n) is 12.0. The predicted molar refractivity (Wildman–Crippen MR) is 172 cm³/mol. The molecule has 1 aliphatic rings. The van der Waals surface area contributed by atoms with Gasteiger partial charge in [-0.2, -0.15) is 5.10 Å². The van der Waals surface area contributed by atoms with Crippen LogP contribution in [0.2, 0.25) is 0 Å². The standard InChI is InChI=1S/C32H37N9O4/c1-20-17-22(36-31(42)37-26-18-25(45-39-26)32(2,3)4)7-10-24(20)41-30-27(29(33)34-19-35-30)28(38-41)21-5-8-23(9-6-21)44-16-13-40-11-14-43-15-12-40/h5-10,17-19H,11-16H2,1-4H3,(H2,33,34,35)(H2,36,37,39,42). The van der Waals surface area contributed by atoms with Gasteiger partial charge in [0.1, 0.15) is 36.0 Å². The highest BCUT2D eigenvalue weighted by Gasteiger charge is 2.21. The number of aryl methyl sites for hydroxylation is 1. The molecule has 4 N–H and O–H groups in total. The Morgan fingerprint density at radius 2 is 1.82 bits per heavy atom. The van der Waals surface area contributed by atoms with E-state index in [0.29, 0.717) is 46.4 Å². The molecule has 13 heteroatoms. The van der Waals surface area contributed by atoms with Crippen molar-refractivity contribution < 1.29 is 18.8 Å². The maximum atomic E-state index is 12.7. The van der Waals surface area contributed by atoms with Gasteiger partial charge >= 0.3 is 6.03 Å². The second-order valence-corrected chi connectivity index (χ2v) is 12.0. The minimum atomic E-state index is -0.434. The van der Waals surface area contributed by atoms with E-state index in [1.165, 1.54) is 6.33 Å². The lowest BCUT2D eigenvalue weighted by Crippen LogP contribution is -2.38. The minimum Gasteiger partial charge on any atom is -0.492 e. The molecule has 0 saturated carbocycles. The van der Waals surface area contributed by atoms with Crippen molar-refractivity contribution in [2.45, 2.75) is 33.1 Å². The van der Waals surface area contributed by atoms with E-state index in [0.717, 1.165) is 55.4 Å². The Morgan fingerprint density at radius 1 is 1.04 bits per heavy atom. The monoisotopic (exact) mass is 611 g/mol. The molecule has 0 atom stereocenters. The lowest BCUT2D eigenvalue weighted by molar-refractivity contribution is 0.0322. The van der Waals surface area contributed by atoms with Crippen LogP contribution in [0.25, 0.3) is 28.0 Å². The zero-order valence-corrected chi connectivity index (χ0v) is 25.8. The van der Waals surface area contributed by atoms with Gasteiger partial charge < -0.3 is 25.0 Å². The SMILES string of the molecule is Cc1cc(NC(=O)Nc2cc(C(C)(C)C)on2)ccc1-n1nc(-c2ccc(OCCN3CCOCC3)cc2)c2c(N)ncnc21. The first-order chi connectivity index (χ1) is 21.7. The summed E-state index contributed by atoms with van der Waals surface area (Å²) in [7, 11) is 0. The van der Waals surface area contributed by atoms with Crippen molar-refractivity contribution in [3.63, 3.8) is 0 Å². The van der Waals surface area contributed by atoms with E-state index >= 15 is 0 Å². The highest BCUT2D eigenvalue weighted by molar-refractivity contribution is 6.00. The third-order valence-electron chi connectivity index (χ3n) is 7.58. The van der Waals surface area contributed by atoms with Crippen LogP contribution < -0.4 is 21.1 Å². The first-order valence-corrected chi connectivity index (χ1v) is 14.8. The molecule has 2 aromatic carbocycles. The van der Waals surface area contributed by atoms with Crippen molar-refractivity contribution in [1.29, 1.82) is 0 Å². The molecule has 0 spiro atoms. The molecule has 45 heavy (non-hydrogen) atoms. The molecule has 5 aromatic rings. The molecule has 2 amide bonds. The number of anilines is 3. The summed E-state index contributed by atoms with van der Waals surface area (Å²) in [6.07, 6.45) is 1.43. The minimum absolute atomic E-state index is 0.219. The summed E-state index contributed by atoms with van der Waals surface area (Å²) >= 11 is 0. The van der Waals surface area contributed by atoms with Crippen molar-refractivity contribution >= 4 is 34.4 Å². The Balaban J connectivity index is 1.19. The molecule has 0 radical (unpaired) electrons. The Kier molecular flexibility index (Phi) is 8.37. The molecule has 0 bridgehead atoms. The summed E-state index contributed by atoms with van der Waals surface area (Å²) in [4.78, 5) is 23.8. The maximum absolute atomic E-state index is 12.7. The number of rotatable bonds is 8. The molecule has 234 valence electrons. The Bertz CT molecular complexity index is 1800. The number of aromatic nitrogens is 5. The van der Waals surface area contributed by atoms with E-state index in [9.17, 15) is 4.79 Å². The predicted octanol–water partition coefficient (Wildman–Crippen LogP) is 5.01. The quantitative estimate of drug-likeness (QED) is 0.218. The zero-order valence-electron chi connectivity index (χ0n) is 25.8. The summed E-state index contributed by atoms with van der Waals surface area (Å²) in [5, 5.41) is 15.1. The third-order valence-corrected chi connectivity index (χ3v) is 7.58. The average molecular weight is 612 g/mol. The van der Waals surface area contributed by atoms with Crippen LogP contribution in [0.5, 0.6) is 5.75 Å². The maximum Gasteiger partial charge on any atom is 0.324 e. The summed E-state index contributed by atoms with van der Waals surface area (Å²) in [5.74, 6) is 2.13. The van der Waals surface area contributed by atoms with Gasteiger partial charge in [-0.05, 0) is 55.0 Å². The number of urea groups is 1. The summed E-state index contributed by atoms with van der Waals surface area (Å²) in [5.41, 5.74) is 10.5. The van der Waals surface area contributed by atoms with Crippen LogP contribution in [-0.4, -0.2) is 75.3 Å². The largest absolute Gasteiger partial charge is 0.492 e. The zero-order chi connectivity index (χ0) is 31.6. The van der Waals surface area contributed by atoms with Gasteiger partial charge in [-0.25, -0.2) is 19.4 Å². The topological polar surface area (TPSA) is 158 Å². The molecule has 1 fully saturated rings. The number of benzene rings is 2. The van der Waals surface area contributed by atoms with Gasteiger partial charge in [0.15, 0.2) is 11.5 Å². The van der Waals surface area contributed by atoms with Crippen LogP contribution in [-0.2, 0) is 10.2 Å². The number of nitrogen functional groups attached to an aromatic ring is 1. The number of nitrogens with two attached hydrogens (primary N) is 1. The smallest absolute Gasteiger partial charge is 0.324 e. The van der Waals surface area contributed by atoms with E-state index < -0.39 is 6.03 Å². The van der Waals surface area contributed by atoms with Crippen LogP contribution in [0.4, 0.5) is 22.1 Å². The number of amides is 2. The number of nitrogens with zero attached hydrogens (tertiary/aromatic N) is 6. The second kappa shape index (κ2) is 12.5. The third kappa shape index (κ3) is 6.74. The molecule has 1 saturated heterocycles. The summed E-state index contributed by atoms with van der Waals surface area (Å²) in [6.45, 7) is 12.8. The van der Waals surface area contributed by atoms with Crippen LogP contribution in [0.3, 0.4) is 0 Å². The Hall–Kier alpha value is -5.01. The molecular weight excluding hydrogens is 574 g/mol. The van der Waals surface area contributed by atoms with Crippen LogP contribution in [0.15, 0.2) is 59.4 Å². The number of hydrogen-bond donors (Lipinski definition) is 3. The molecule has 3 aromatic heterocycles. The van der Waals surface area contributed by atoms with Crippen LogP contribution in [0.1, 0.15) is 32.1 Å². The fraction of sp³-hybridized carbons (Fsp3) is 0.344. The lowest BCUT2D eigenvalue weighted by Gasteiger charge is -2.26. The molecule has 13 nitrogen and oxygen atoms in total. The van der Waals surface area contributed by atoms with Crippen molar-refractivity contribution in [3.8, 4) is 22.7 Å². The first kappa shape index (κ1) is 30.0. The number of hydrogen-bond acceptors (Lipinski definition) is 10. The first-order valence-electron chi connectivity index (χ1n) is 14.8. The molecule has 6 rings (SSSR count). The molecule has 0 unspecified atom stereocenters. The van der Waals surface area contributed by atoms with Crippen molar-refractivity contribution in [2.75, 3.05) is 55.8 Å². The van der Waals surface area contributed by atoms with Crippen molar-refractivity contribution in [3.05, 3.63) is 66.2 Å². The van der Waals surface area contributed by atoms with Crippen LogP contribution in [0, 0.1) is 6.92 Å². The Morgan fingerprint density at radius 3 is 2.53 bits per heavy atom. The molecule has 0 aliphatic carbocycles. The van der Waals surface area contributed by atoms with Gasteiger partial charge in [0.05, 0.1) is 24.3 Å². The average Bonchev–Trinajstić information content (AvgIpc) is 3.64. The van der Waals surface area contributed by atoms with Gasteiger partial charge in [0, 0.05) is 42.4 Å². The number of carbonyl (C=O) groups excluding carboxylic acids is 1.